The molecule has 114 valence electrons. The van der Waals surface area contributed by atoms with Crippen molar-refractivity contribution in [3.63, 3.8) is 0 Å². The number of nitrogens with one attached hydrogen (secondary N) is 2. The van der Waals surface area contributed by atoms with Gasteiger partial charge in [-0.2, -0.15) is 0 Å². The molecule has 1 rings (SSSR count). The number of hydrogen-bond acceptors (Lipinski definition) is 3. The highest BCUT2D eigenvalue weighted by atomic mass is 79.9. The van der Waals surface area contributed by atoms with Crippen molar-refractivity contribution in [1.29, 1.82) is 0 Å². The van der Waals surface area contributed by atoms with Crippen LogP contribution in [0.25, 0.3) is 0 Å². The van der Waals surface area contributed by atoms with Gasteiger partial charge in [0.25, 0.3) is 0 Å². The third-order valence-corrected chi connectivity index (χ3v) is 3.55. The molecule has 0 bridgehead atoms. The lowest BCUT2D eigenvalue weighted by Gasteiger charge is -2.23. The first kappa shape index (κ1) is 17.5. The number of ether oxygens (including phenoxy) is 1. The van der Waals surface area contributed by atoms with Crippen LogP contribution in [0.4, 0.5) is 0 Å². The minimum Gasteiger partial charge on any atom is -0.481 e. The van der Waals surface area contributed by atoms with E-state index in [9.17, 15) is 4.79 Å². The third-order valence-electron chi connectivity index (χ3n) is 3.06. The van der Waals surface area contributed by atoms with Crippen LogP contribution in [0.5, 0.6) is 5.75 Å². The summed E-state index contributed by atoms with van der Waals surface area (Å²) in [7, 11) is 1.64. The van der Waals surface area contributed by atoms with Crippen molar-refractivity contribution in [2.75, 3.05) is 20.2 Å². The molecule has 0 heterocycles. The minimum absolute atomic E-state index is 0.00745. The third kappa shape index (κ3) is 5.41. The predicted octanol–water partition coefficient (Wildman–Crippen LogP) is 2.32. The Morgan fingerprint density at radius 1 is 1.48 bits per heavy atom. The van der Waals surface area contributed by atoms with E-state index in [1.165, 1.54) is 0 Å². The maximum Gasteiger partial charge on any atom is 0.226 e. The zero-order chi connectivity index (χ0) is 15.9. The molecule has 4 nitrogen and oxygen atoms in total. The minimum atomic E-state index is -0.472. The van der Waals surface area contributed by atoms with Crippen molar-refractivity contribution in [2.24, 2.45) is 5.41 Å². The van der Waals surface area contributed by atoms with E-state index >= 15 is 0 Å². The zero-order valence-electron chi connectivity index (χ0n) is 12.6. The van der Waals surface area contributed by atoms with Gasteiger partial charge in [0.1, 0.15) is 12.4 Å². The lowest BCUT2D eigenvalue weighted by molar-refractivity contribution is -0.128. The number of terminal acetylenes is 1. The molecule has 0 radical (unpaired) electrons. The highest BCUT2D eigenvalue weighted by molar-refractivity contribution is 9.10. The van der Waals surface area contributed by atoms with E-state index in [4.69, 9.17) is 11.2 Å². The summed E-state index contributed by atoms with van der Waals surface area (Å²) < 4.78 is 6.49. The smallest absolute Gasteiger partial charge is 0.226 e. The highest BCUT2D eigenvalue weighted by Gasteiger charge is 2.25. The Balaban J connectivity index is 2.68. The molecule has 21 heavy (non-hydrogen) atoms. The number of hydrogen-bond donors (Lipinski definition) is 2. The SMILES string of the molecule is C#CCOc1ccc(Br)cc1CNCC(C)(C)C(=O)NC. The van der Waals surface area contributed by atoms with Gasteiger partial charge in [-0.15, -0.1) is 6.42 Å². The van der Waals surface area contributed by atoms with Crippen LogP contribution >= 0.6 is 15.9 Å². The summed E-state index contributed by atoms with van der Waals surface area (Å²) in [5, 5.41) is 5.96. The van der Waals surface area contributed by atoms with E-state index in [1.54, 1.807) is 7.05 Å². The van der Waals surface area contributed by atoms with Crippen molar-refractivity contribution in [3.8, 4) is 18.1 Å². The second kappa shape index (κ2) is 8.06. The largest absolute Gasteiger partial charge is 0.481 e. The number of amides is 1. The first-order valence-corrected chi connectivity index (χ1v) is 7.47. The van der Waals surface area contributed by atoms with Crippen molar-refractivity contribution in [1.82, 2.24) is 10.6 Å². The van der Waals surface area contributed by atoms with Gasteiger partial charge in [-0.05, 0) is 32.0 Å². The van der Waals surface area contributed by atoms with Crippen LogP contribution in [-0.2, 0) is 11.3 Å². The summed E-state index contributed by atoms with van der Waals surface area (Å²) in [6, 6.07) is 5.76. The fraction of sp³-hybridized carbons (Fsp3) is 0.438. The second-order valence-corrected chi connectivity index (χ2v) is 6.23. The standard InChI is InChI=1S/C16H21BrN2O2/c1-5-8-21-14-7-6-13(17)9-12(14)10-19-11-16(2,3)15(20)18-4/h1,6-7,9,19H,8,10-11H2,2-4H3,(H,18,20). The first-order valence-electron chi connectivity index (χ1n) is 6.68. The van der Waals surface area contributed by atoms with Crippen molar-refractivity contribution >= 4 is 21.8 Å². The molecule has 1 amide bonds. The number of carbonyl (C=O) groups is 1. The summed E-state index contributed by atoms with van der Waals surface area (Å²) in [4.78, 5) is 11.7. The van der Waals surface area contributed by atoms with Crippen LogP contribution in [-0.4, -0.2) is 26.1 Å². The van der Waals surface area contributed by atoms with Gasteiger partial charge in [0.05, 0.1) is 5.41 Å². The Morgan fingerprint density at radius 2 is 2.19 bits per heavy atom. The van der Waals surface area contributed by atoms with Gasteiger partial charge in [-0.1, -0.05) is 21.9 Å². The molecular weight excluding hydrogens is 332 g/mol. The molecule has 1 aromatic carbocycles. The van der Waals surface area contributed by atoms with Crippen LogP contribution in [0.15, 0.2) is 22.7 Å². The number of halogens is 1. The van der Waals surface area contributed by atoms with E-state index in [2.05, 4.69) is 32.5 Å². The molecule has 0 saturated heterocycles. The molecule has 0 aliphatic rings. The fourth-order valence-corrected chi connectivity index (χ4v) is 2.28. The summed E-state index contributed by atoms with van der Waals surface area (Å²) in [6.45, 7) is 5.19. The van der Waals surface area contributed by atoms with E-state index in [0.29, 0.717) is 13.1 Å². The average molecular weight is 353 g/mol. The predicted molar refractivity (Wildman–Crippen MR) is 88.0 cm³/mol. The van der Waals surface area contributed by atoms with Gasteiger partial charge in [0.2, 0.25) is 5.91 Å². The van der Waals surface area contributed by atoms with Crippen molar-refractivity contribution in [3.05, 3.63) is 28.2 Å². The van der Waals surface area contributed by atoms with E-state index in [-0.39, 0.29) is 12.5 Å². The summed E-state index contributed by atoms with van der Waals surface area (Å²) in [5.74, 6) is 3.21. The summed E-state index contributed by atoms with van der Waals surface area (Å²) in [6.07, 6.45) is 5.22. The van der Waals surface area contributed by atoms with Gasteiger partial charge in [0, 0.05) is 30.2 Å². The molecule has 0 aromatic heterocycles. The molecule has 0 unspecified atom stereocenters. The van der Waals surface area contributed by atoms with E-state index in [1.807, 2.05) is 32.0 Å². The van der Waals surface area contributed by atoms with Gasteiger partial charge in [-0.25, -0.2) is 0 Å². The van der Waals surface area contributed by atoms with Crippen LogP contribution in [0.1, 0.15) is 19.4 Å². The molecule has 0 atom stereocenters. The van der Waals surface area contributed by atoms with Crippen molar-refractivity contribution < 1.29 is 9.53 Å². The quantitative estimate of drug-likeness (QED) is 0.740. The van der Waals surface area contributed by atoms with Gasteiger partial charge < -0.3 is 15.4 Å². The summed E-state index contributed by atoms with van der Waals surface area (Å²) in [5.41, 5.74) is 0.521. The van der Waals surface area contributed by atoms with E-state index < -0.39 is 5.41 Å². The molecule has 0 spiro atoms. The first-order chi connectivity index (χ1) is 9.90. The average Bonchev–Trinajstić information content (AvgIpc) is 2.45. The molecule has 0 aliphatic heterocycles. The monoisotopic (exact) mass is 352 g/mol. The number of carbonyl (C=O) groups excluding carboxylic acids is 1. The Labute approximate surface area is 134 Å². The van der Waals surface area contributed by atoms with Gasteiger partial charge in [-0.3, -0.25) is 4.79 Å². The van der Waals surface area contributed by atoms with Gasteiger partial charge >= 0.3 is 0 Å². The summed E-state index contributed by atoms with van der Waals surface area (Å²) >= 11 is 3.44. The Bertz CT molecular complexity index is 536. The zero-order valence-corrected chi connectivity index (χ0v) is 14.2. The molecule has 1 aromatic rings. The lowest BCUT2D eigenvalue weighted by atomic mass is 9.92. The van der Waals surface area contributed by atoms with Crippen LogP contribution in [0, 0.1) is 17.8 Å². The van der Waals surface area contributed by atoms with Crippen molar-refractivity contribution in [2.45, 2.75) is 20.4 Å². The number of benzene rings is 1. The van der Waals surface area contributed by atoms with Crippen LogP contribution < -0.4 is 15.4 Å². The topological polar surface area (TPSA) is 50.4 Å². The Morgan fingerprint density at radius 3 is 2.81 bits per heavy atom. The molecule has 0 fully saturated rings. The molecule has 0 aliphatic carbocycles. The lowest BCUT2D eigenvalue weighted by Crippen LogP contribution is -2.41. The normalized spacial score (nSPS) is 10.8. The fourth-order valence-electron chi connectivity index (χ4n) is 1.87. The second-order valence-electron chi connectivity index (χ2n) is 5.31. The van der Waals surface area contributed by atoms with Gasteiger partial charge in [0.15, 0.2) is 0 Å². The highest BCUT2D eigenvalue weighted by Crippen LogP contribution is 2.23. The molecule has 0 saturated carbocycles. The Hall–Kier alpha value is -1.51. The molecule has 2 N–H and O–H groups in total. The number of rotatable bonds is 7. The molecule has 5 heteroatoms. The Kier molecular flexibility index (Phi) is 6.73. The molecular formula is C16H21BrN2O2. The van der Waals surface area contributed by atoms with Crippen LogP contribution in [0.3, 0.4) is 0 Å². The maximum atomic E-state index is 11.7. The van der Waals surface area contributed by atoms with Crippen LogP contribution in [0.2, 0.25) is 0 Å². The maximum absolute atomic E-state index is 11.7. The van der Waals surface area contributed by atoms with E-state index in [0.717, 1.165) is 15.8 Å².